The molecular formula is C22H21Cl4CuN3+. The van der Waals surface area contributed by atoms with Gasteiger partial charge in [0.15, 0.2) is 0 Å². The molecule has 0 bridgehead atoms. The summed E-state index contributed by atoms with van der Waals surface area (Å²) in [6.45, 7) is 1.43. The molecule has 0 heterocycles. The maximum Gasteiger partial charge on any atom is 1.00 e. The van der Waals surface area contributed by atoms with Gasteiger partial charge in [-0.2, -0.15) is 5.26 Å². The van der Waals surface area contributed by atoms with Crippen LogP contribution in [0, 0.1) is 11.3 Å². The van der Waals surface area contributed by atoms with Gasteiger partial charge in [-0.05, 0) is 37.1 Å². The summed E-state index contributed by atoms with van der Waals surface area (Å²) < 4.78 is 0. The number of aliphatic imine (C=N–C) groups is 2. The number of hydrogen-bond acceptors (Lipinski definition) is 3. The van der Waals surface area contributed by atoms with Crippen molar-refractivity contribution >= 4 is 58.8 Å². The summed E-state index contributed by atoms with van der Waals surface area (Å²) in [5, 5.41) is 9.71. The van der Waals surface area contributed by atoms with Crippen LogP contribution >= 0.6 is 46.4 Å². The maximum atomic E-state index is 7.32. The Kier molecular flexibility index (Phi) is 12.7. The summed E-state index contributed by atoms with van der Waals surface area (Å²) in [5.41, 5.74) is 1.50. The van der Waals surface area contributed by atoms with Crippen molar-refractivity contribution in [3.8, 4) is 6.07 Å². The minimum absolute atomic E-state index is 0. The first-order valence-electron chi connectivity index (χ1n) is 9.23. The zero-order chi connectivity index (χ0) is 21.2. The molecule has 0 aliphatic heterocycles. The largest absolute Gasteiger partial charge is 1.00 e. The molecule has 0 N–H and O–H groups in total. The predicted molar refractivity (Wildman–Crippen MR) is 125 cm³/mol. The van der Waals surface area contributed by atoms with Gasteiger partial charge in [-0.1, -0.05) is 71.4 Å². The van der Waals surface area contributed by atoms with E-state index in [4.69, 9.17) is 61.7 Å². The number of rotatable bonds is 4. The van der Waals surface area contributed by atoms with Gasteiger partial charge in [0.05, 0.1) is 38.2 Å². The molecule has 0 aromatic heterocycles. The van der Waals surface area contributed by atoms with Gasteiger partial charge >= 0.3 is 17.1 Å². The zero-order valence-electron chi connectivity index (χ0n) is 16.3. The van der Waals surface area contributed by atoms with Crippen molar-refractivity contribution in [2.75, 3.05) is 0 Å². The van der Waals surface area contributed by atoms with E-state index in [1.165, 1.54) is 6.92 Å². The molecule has 0 saturated heterocycles. The molecule has 0 amide bonds. The minimum atomic E-state index is 0. The standard InChI is InChI=1S/C20H18Cl4N2.C2H3N.Cu/c21-15-5-3-6-16(22)13(15)11-25-19-9-1-2-10-20(19)26-12-14-17(23)7-4-8-18(14)24;1-2-3;/h3-8,11-12,19-20H,1-2,9-10H2;1H3;/q;;+1. The molecule has 2 unspecified atom stereocenters. The Morgan fingerprint density at radius 1 is 0.800 bits per heavy atom. The first-order chi connectivity index (χ1) is 14.0. The van der Waals surface area contributed by atoms with Crippen LogP contribution in [0.15, 0.2) is 46.4 Å². The molecule has 3 nitrogen and oxygen atoms in total. The van der Waals surface area contributed by atoms with Crippen molar-refractivity contribution in [2.24, 2.45) is 9.98 Å². The average molecular weight is 533 g/mol. The summed E-state index contributed by atoms with van der Waals surface area (Å²) in [7, 11) is 0. The molecule has 1 saturated carbocycles. The van der Waals surface area contributed by atoms with Gasteiger partial charge in [-0.15, -0.1) is 0 Å². The molecule has 2 aromatic rings. The van der Waals surface area contributed by atoms with Gasteiger partial charge in [0.1, 0.15) is 0 Å². The van der Waals surface area contributed by atoms with Crippen LogP contribution in [-0.4, -0.2) is 24.5 Å². The van der Waals surface area contributed by atoms with Crippen molar-refractivity contribution in [3.63, 3.8) is 0 Å². The third-order valence-corrected chi connectivity index (χ3v) is 5.80. The molecule has 3 rings (SSSR count). The fourth-order valence-corrected chi connectivity index (χ4v) is 4.04. The Labute approximate surface area is 208 Å². The van der Waals surface area contributed by atoms with Crippen LogP contribution < -0.4 is 0 Å². The van der Waals surface area contributed by atoms with E-state index in [1.54, 1.807) is 18.5 Å². The molecule has 0 radical (unpaired) electrons. The van der Waals surface area contributed by atoms with E-state index >= 15 is 0 Å². The van der Waals surface area contributed by atoms with Gasteiger partial charge in [-0.3, -0.25) is 9.98 Å². The van der Waals surface area contributed by atoms with Gasteiger partial charge in [0, 0.05) is 30.5 Å². The second-order valence-electron chi connectivity index (χ2n) is 6.47. The Balaban J connectivity index is 0.00000106. The molecule has 2 atom stereocenters. The molecule has 2 aromatic carbocycles. The minimum Gasteiger partial charge on any atom is -0.287 e. The number of halogens is 4. The van der Waals surface area contributed by atoms with Gasteiger partial charge in [0.2, 0.25) is 0 Å². The summed E-state index contributed by atoms with van der Waals surface area (Å²) in [5.74, 6) is 0. The smallest absolute Gasteiger partial charge is 0.287 e. The zero-order valence-corrected chi connectivity index (χ0v) is 20.2. The van der Waals surface area contributed by atoms with Crippen molar-refractivity contribution in [1.82, 2.24) is 0 Å². The van der Waals surface area contributed by atoms with E-state index in [0.717, 1.165) is 36.8 Å². The summed E-state index contributed by atoms with van der Waals surface area (Å²) >= 11 is 24.9. The molecule has 30 heavy (non-hydrogen) atoms. The maximum absolute atomic E-state index is 7.32. The first kappa shape index (κ1) is 27.0. The van der Waals surface area contributed by atoms with E-state index in [9.17, 15) is 0 Å². The topological polar surface area (TPSA) is 48.5 Å². The average Bonchev–Trinajstić information content (AvgIpc) is 2.69. The van der Waals surface area contributed by atoms with Crippen LogP contribution in [0.5, 0.6) is 0 Å². The van der Waals surface area contributed by atoms with E-state index in [1.807, 2.05) is 36.4 Å². The molecule has 1 aliphatic carbocycles. The van der Waals surface area contributed by atoms with Crippen LogP contribution in [0.4, 0.5) is 0 Å². The second-order valence-corrected chi connectivity index (χ2v) is 8.10. The van der Waals surface area contributed by atoms with Crippen molar-refractivity contribution < 1.29 is 17.1 Å². The van der Waals surface area contributed by atoms with E-state index in [2.05, 4.69) is 0 Å². The van der Waals surface area contributed by atoms with E-state index < -0.39 is 0 Å². The quantitative estimate of drug-likeness (QED) is 0.294. The van der Waals surface area contributed by atoms with E-state index in [-0.39, 0.29) is 29.2 Å². The van der Waals surface area contributed by atoms with Crippen LogP contribution in [0.2, 0.25) is 20.1 Å². The van der Waals surface area contributed by atoms with Crippen molar-refractivity contribution in [2.45, 2.75) is 44.7 Å². The van der Waals surface area contributed by atoms with Crippen molar-refractivity contribution in [3.05, 3.63) is 67.6 Å². The Bertz CT molecular complexity index is 815. The summed E-state index contributed by atoms with van der Waals surface area (Å²) in [6, 6.07) is 12.8. The fourth-order valence-electron chi connectivity index (χ4n) is 3.05. The number of nitrogens with zero attached hydrogens (tertiary/aromatic N) is 3. The molecule has 1 fully saturated rings. The van der Waals surface area contributed by atoms with Crippen LogP contribution in [0.25, 0.3) is 0 Å². The number of hydrogen-bond donors (Lipinski definition) is 0. The number of benzene rings is 2. The van der Waals surface area contributed by atoms with Gasteiger partial charge in [-0.25, -0.2) is 0 Å². The Morgan fingerprint density at radius 2 is 1.10 bits per heavy atom. The molecular weight excluding hydrogens is 512 g/mol. The Morgan fingerprint density at radius 3 is 1.40 bits per heavy atom. The molecule has 8 heteroatoms. The molecule has 162 valence electrons. The number of nitriles is 1. The molecule has 0 spiro atoms. The third kappa shape index (κ3) is 7.89. The SMILES string of the molecule is CC#N.Clc1cccc(Cl)c1C=NC1CCCCC1N=Cc1c(Cl)cccc1Cl.[Cu+]. The molecule has 1 aliphatic rings. The predicted octanol–water partition coefficient (Wildman–Crippen LogP) is 7.68. The van der Waals surface area contributed by atoms with Crippen LogP contribution in [0.3, 0.4) is 0 Å². The van der Waals surface area contributed by atoms with Gasteiger partial charge in [0.25, 0.3) is 0 Å². The fraction of sp³-hybridized carbons (Fsp3) is 0.318. The van der Waals surface area contributed by atoms with Crippen LogP contribution in [-0.2, 0) is 17.1 Å². The third-order valence-electron chi connectivity index (χ3n) is 4.48. The monoisotopic (exact) mass is 530 g/mol. The van der Waals surface area contributed by atoms with E-state index in [0.29, 0.717) is 20.1 Å². The van der Waals surface area contributed by atoms with Crippen LogP contribution in [0.1, 0.15) is 43.7 Å². The first-order valence-corrected chi connectivity index (χ1v) is 10.7. The Hall–Kier alpha value is -1.05. The second kappa shape index (κ2) is 14.1. The van der Waals surface area contributed by atoms with Crippen molar-refractivity contribution in [1.29, 1.82) is 5.26 Å². The van der Waals surface area contributed by atoms with Gasteiger partial charge < -0.3 is 0 Å². The summed E-state index contributed by atoms with van der Waals surface area (Å²) in [6.07, 6.45) is 7.78. The normalized spacial score (nSPS) is 18.4. The summed E-state index contributed by atoms with van der Waals surface area (Å²) in [4.78, 5) is 9.48.